The van der Waals surface area contributed by atoms with E-state index in [1.807, 2.05) is 25.1 Å². The zero-order valence-corrected chi connectivity index (χ0v) is 12.1. The predicted octanol–water partition coefficient (Wildman–Crippen LogP) is 3.01. The van der Waals surface area contributed by atoms with E-state index < -0.39 is 0 Å². The van der Waals surface area contributed by atoms with Crippen LogP contribution in [0.15, 0.2) is 36.5 Å². The first-order valence-corrected chi connectivity index (χ1v) is 7.28. The van der Waals surface area contributed by atoms with E-state index in [0.29, 0.717) is 11.6 Å². The third kappa shape index (κ3) is 3.29. The molecule has 1 N–H and O–H groups in total. The summed E-state index contributed by atoms with van der Waals surface area (Å²) in [5, 5.41) is 3.35. The molecule has 1 atom stereocenters. The standard InChI is InChI=1S/C16H19FN4/c1-12-8-9-18-16(19-12)20-13-5-4-10-21(11-13)15-7-3-2-6-14(15)17/h2-3,6-9,13H,4-5,10-11H2,1H3,(H,18,19,20). The number of anilines is 2. The Hall–Kier alpha value is -2.17. The van der Waals surface area contributed by atoms with Gasteiger partial charge in [0.1, 0.15) is 5.82 Å². The summed E-state index contributed by atoms with van der Waals surface area (Å²) >= 11 is 0. The molecule has 1 aromatic carbocycles. The predicted molar refractivity (Wildman–Crippen MR) is 82.0 cm³/mol. The van der Waals surface area contributed by atoms with Crippen LogP contribution in [0.2, 0.25) is 0 Å². The molecule has 1 saturated heterocycles. The smallest absolute Gasteiger partial charge is 0.223 e. The first-order chi connectivity index (χ1) is 10.2. The van der Waals surface area contributed by atoms with Gasteiger partial charge >= 0.3 is 0 Å². The molecule has 110 valence electrons. The molecule has 21 heavy (non-hydrogen) atoms. The molecule has 3 rings (SSSR count). The van der Waals surface area contributed by atoms with E-state index >= 15 is 0 Å². The number of rotatable bonds is 3. The van der Waals surface area contributed by atoms with Gasteiger partial charge in [-0.25, -0.2) is 14.4 Å². The number of halogens is 1. The maximum atomic E-state index is 13.9. The zero-order valence-electron chi connectivity index (χ0n) is 12.1. The van der Waals surface area contributed by atoms with Gasteiger partial charge in [0.05, 0.1) is 5.69 Å². The Kier molecular flexibility index (Phi) is 3.99. The lowest BCUT2D eigenvalue weighted by Crippen LogP contribution is -2.42. The second-order valence-corrected chi connectivity index (χ2v) is 5.40. The molecular weight excluding hydrogens is 267 g/mol. The van der Waals surface area contributed by atoms with Crippen LogP contribution in [0.25, 0.3) is 0 Å². The number of aromatic nitrogens is 2. The number of benzene rings is 1. The maximum absolute atomic E-state index is 13.9. The van der Waals surface area contributed by atoms with Crippen molar-refractivity contribution >= 4 is 11.6 Å². The third-order valence-electron chi connectivity index (χ3n) is 3.74. The quantitative estimate of drug-likeness (QED) is 0.941. The van der Waals surface area contributed by atoms with Gasteiger partial charge in [-0.3, -0.25) is 0 Å². The van der Waals surface area contributed by atoms with Crippen LogP contribution in [0.4, 0.5) is 16.0 Å². The number of hydrogen-bond donors (Lipinski definition) is 1. The Balaban J connectivity index is 1.70. The van der Waals surface area contributed by atoms with Crippen LogP contribution in [0.3, 0.4) is 0 Å². The summed E-state index contributed by atoms with van der Waals surface area (Å²) in [5.74, 6) is 0.486. The average molecular weight is 286 g/mol. The number of hydrogen-bond acceptors (Lipinski definition) is 4. The van der Waals surface area contributed by atoms with Crippen molar-refractivity contribution in [1.29, 1.82) is 0 Å². The molecule has 0 bridgehead atoms. The number of piperidine rings is 1. The number of nitrogens with zero attached hydrogens (tertiary/aromatic N) is 3. The van der Waals surface area contributed by atoms with E-state index in [1.54, 1.807) is 12.3 Å². The van der Waals surface area contributed by atoms with E-state index in [-0.39, 0.29) is 11.9 Å². The second-order valence-electron chi connectivity index (χ2n) is 5.40. The van der Waals surface area contributed by atoms with Crippen molar-refractivity contribution in [2.45, 2.75) is 25.8 Å². The molecule has 0 spiro atoms. The van der Waals surface area contributed by atoms with E-state index in [9.17, 15) is 4.39 Å². The van der Waals surface area contributed by atoms with Crippen LogP contribution >= 0.6 is 0 Å². The van der Waals surface area contributed by atoms with E-state index in [1.165, 1.54) is 6.07 Å². The average Bonchev–Trinajstić information content (AvgIpc) is 2.48. The molecule has 0 radical (unpaired) electrons. The van der Waals surface area contributed by atoms with Crippen LogP contribution in [-0.2, 0) is 0 Å². The Labute approximate surface area is 124 Å². The van der Waals surface area contributed by atoms with Crippen molar-refractivity contribution in [3.05, 3.63) is 48.0 Å². The number of aryl methyl sites for hydroxylation is 1. The highest BCUT2D eigenvalue weighted by Gasteiger charge is 2.22. The second kappa shape index (κ2) is 6.08. The Bertz CT molecular complexity index is 617. The highest BCUT2D eigenvalue weighted by molar-refractivity contribution is 5.48. The van der Waals surface area contributed by atoms with Crippen LogP contribution < -0.4 is 10.2 Å². The monoisotopic (exact) mass is 286 g/mol. The van der Waals surface area contributed by atoms with Crippen LogP contribution in [0.1, 0.15) is 18.5 Å². The minimum absolute atomic E-state index is 0.162. The minimum atomic E-state index is -0.162. The molecule has 1 unspecified atom stereocenters. The summed E-state index contributed by atoms with van der Waals surface area (Å²) in [7, 11) is 0. The Morgan fingerprint density at radius 1 is 1.29 bits per heavy atom. The van der Waals surface area contributed by atoms with Gasteiger partial charge in [-0.1, -0.05) is 12.1 Å². The summed E-state index contributed by atoms with van der Waals surface area (Å²) in [5.41, 5.74) is 1.61. The van der Waals surface area contributed by atoms with E-state index in [0.717, 1.165) is 31.6 Å². The molecule has 0 saturated carbocycles. The Morgan fingerprint density at radius 3 is 2.95 bits per heavy atom. The number of para-hydroxylation sites is 1. The van der Waals surface area contributed by atoms with Crippen molar-refractivity contribution in [2.75, 3.05) is 23.3 Å². The lowest BCUT2D eigenvalue weighted by molar-refractivity contribution is 0.517. The Morgan fingerprint density at radius 2 is 2.14 bits per heavy atom. The molecule has 2 aromatic rings. The molecule has 1 aliphatic rings. The van der Waals surface area contributed by atoms with Crippen LogP contribution in [0.5, 0.6) is 0 Å². The molecule has 5 heteroatoms. The molecule has 1 fully saturated rings. The SMILES string of the molecule is Cc1ccnc(NC2CCCN(c3ccccc3F)C2)n1. The fourth-order valence-corrected chi connectivity index (χ4v) is 2.72. The topological polar surface area (TPSA) is 41.1 Å². The number of nitrogens with one attached hydrogen (secondary N) is 1. The largest absolute Gasteiger partial charge is 0.367 e. The molecule has 1 aromatic heterocycles. The van der Waals surface area contributed by atoms with E-state index in [2.05, 4.69) is 20.2 Å². The van der Waals surface area contributed by atoms with Gasteiger partial charge in [0.2, 0.25) is 5.95 Å². The van der Waals surface area contributed by atoms with Crippen molar-refractivity contribution in [2.24, 2.45) is 0 Å². The molecule has 0 aliphatic carbocycles. The summed E-state index contributed by atoms with van der Waals surface area (Å²) < 4.78 is 13.9. The van der Waals surface area contributed by atoms with Crippen molar-refractivity contribution in [1.82, 2.24) is 9.97 Å². The van der Waals surface area contributed by atoms with Crippen molar-refractivity contribution < 1.29 is 4.39 Å². The van der Waals surface area contributed by atoms with E-state index in [4.69, 9.17) is 0 Å². The normalized spacial score (nSPS) is 18.6. The fourth-order valence-electron chi connectivity index (χ4n) is 2.72. The zero-order chi connectivity index (χ0) is 14.7. The van der Waals surface area contributed by atoms with Gasteiger partial charge in [-0.05, 0) is 38.0 Å². The molecule has 2 heterocycles. The maximum Gasteiger partial charge on any atom is 0.223 e. The molecule has 4 nitrogen and oxygen atoms in total. The highest BCUT2D eigenvalue weighted by atomic mass is 19.1. The highest BCUT2D eigenvalue weighted by Crippen LogP contribution is 2.23. The summed E-state index contributed by atoms with van der Waals surface area (Å²) in [6.45, 7) is 3.59. The molecule has 0 amide bonds. The molecule has 1 aliphatic heterocycles. The first kappa shape index (κ1) is 13.8. The summed E-state index contributed by atoms with van der Waals surface area (Å²) in [4.78, 5) is 10.7. The van der Waals surface area contributed by atoms with Crippen LogP contribution in [-0.4, -0.2) is 29.1 Å². The van der Waals surface area contributed by atoms with Gasteiger partial charge in [-0.2, -0.15) is 0 Å². The minimum Gasteiger partial charge on any atom is -0.367 e. The van der Waals surface area contributed by atoms with Gasteiger partial charge in [0.15, 0.2) is 0 Å². The van der Waals surface area contributed by atoms with Gasteiger partial charge in [0.25, 0.3) is 0 Å². The lowest BCUT2D eigenvalue weighted by atomic mass is 10.0. The third-order valence-corrected chi connectivity index (χ3v) is 3.74. The van der Waals surface area contributed by atoms with Gasteiger partial charge in [-0.15, -0.1) is 0 Å². The first-order valence-electron chi connectivity index (χ1n) is 7.28. The van der Waals surface area contributed by atoms with Crippen molar-refractivity contribution in [3.63, 3.8) is 0 Å². The van der Waals surface area contributed by atoms with Crippen molar-refractivity contribution in [3.8, 4) is 0 Å². The molecular formula is C16H19FN4. The summed E-state index contributed by atoms with van der Waals surface area (Å²) in [6.07, 6.45) is 3.82. The fraction of sp³-hybridized carbons (Fsp3) is 0.375. The van der Waals surface area contributed by atoms with Gasteiger partial charge < -0.3 is 10.2 Å². The lowest BCUT2D eigenvalue weighted by Gasteiger charge is -2.34. The summed E-state index contributed by atoms with van der Waals surface area (Å²) in [6, 6.07) is 9.05. The van der Waals surface area contributed by atoms with Gasteiger partial charge in [0, 0.05) is 31.0 Å². The van der Waals surface area contributed by atoms with Crippen LogP contribution in [0, 0.1) is 12.7 Å².